The Morgan fingerprint density at radius 3 is 2.65 bits per heavy atom. The van der Waals surface area contributed by atoms with Crippen LogP contribution in [-0.2, 0) is 14.3 Å². The van der Waals surface area contributed by atoms with Crippen LogP contribution in [0, 0.1) is 28.6 Å². The van der Waals surface area contributed by atoms with E-state index in [9.17, 15) is 9.59 Å². The lowest BCUT2D eigenvalue weighted by Crippen LogP contribution is -2.51. The first-order chi connectivity index (χ1) is 10.8. The third kappa shape index (κ3) is 3.97. The van der Waals surface area contributed by atoms with E-state index in [2.05, 4.69) is 27.7 Å². The van der Waals surface area contributed by atoms with E-state index in [1.807, 2.05) is 0 Å². The van der Waals surface area contributed by atoms with Crippen LogP contribution in [0.4, 0.5) is 0 Å². The minimum Gasteiger partial charge on any atom is -0.466 e. The van der Waals surface area contributed by atoms with E-state index in [0.717, 1.165) is 18.6 Å². The van der Waals surface area contributed by atoms with Crippen molar-refractivity contribution in [1.82, 2.24) is 0 Å². The summed E-state index contributed by atoms with van der Waals surface area (Å²) >= 11 is 0. The van der Waals surface area contributed by atoms with Crippen molar-refractivity contribution < 1.29 is 14.3 Å². The zero-order chi connectivity index (χ0) is 17.1. The van der Waals surface area contributed by atoms with Crippen molar-refractivity contribution in [3.63, 3.8) is 0 Å². The fourth-order valence-electron chi connectivity index (χ4n) is 5.77. The molecule has 0 spiro atoms. The Morgan fingerprint density at radius 1 is 1.22 bits per heavy atom. The molecule has 0 N–H and O–H groups in total. The van der Waals surface area contributed by atoms with Crippen molar-refractivity contribution in [3.05, 3.63) is 0 Å². The summed E-state index contributed by atoms with van der Waals surface area (Å²) in [5, 5.41) is 0. The molecule has 0 aromatic heterocycles. The van der Waals surface area contributed by atoms with Crippen LogP contribution in [0.3, 0.4) is 0 Å². The van der Waals surface area contributed by atoms with Crippen LogP contribution in [0.1, 0.15) is 79.1 Å². The number of carbonyl (C=O) groups is 2. The van der Waals surface area contributed by atoms with E-state index in [1.165, 1.54) is 32.1 Å². The summed E-state index contributed by atoms with van der Waals surface area (Å²) < 4.78 is 5.37. The first-order valence-electron chi connectivity index (χ1n) is 9.40. The molecule has 0 aromatic carbocycles. The first kappa shape index (κ1) is 18.5. The molecule has 23 heavy (non-hydrogen) atoms. The van der Waals surface area contributed by atoms with Gasteiger partial charge in [0.15, 0.2) is 0 Å². The molecule has 0 saturated heterocycles. The van der Waals surface area contributed by atoms with Gasteiger partial charge in [-0.05, 0) is 54.3 Å². The maximum Gasteiger partial charge on any atom is 0.306 e. The van der Waals surface area contributed by atoms with Crippen LogP contribution in [0.2, 0.25) is 0 Å². The zero-order valence-electron chi connectivity index (χ0n) is 15.4. The topological polar surface area (TPSA) is 43.4 Å². The van der Waals surface area contributed by atoms with Crippen molar-refractivity contribution in [2.75, 3.05) is 6.61 Å². The average Bonchev–Trinajstić information content (AvgIpc) is 2.47. The Labute approximate surface area is 141 Å². The second-order valence-corrected chi connectivity index (χ2v) is 8.78. The maximum atomic E-state index is 11.6. The van der Waals surface area contributed by atoms with Gasteiger partial charge in [0.1, 0.15) is 6.29 Å². The van der Waals surface area contributed by atoms with E-state index in [4.69, 9.17) is 4.74 Å². The molecule has 2 aliphatic carbocycles. The Morgan fingerprint density at radius 2 is 1.96 bits per heavy atom. The number of aldehydes is 1. The van der Waals surface area contributed by atoms with Gasteiger partial charge in [-0.3, -0.25) is 4.79 Å². The molecule has 132 valence electrons. The average molecular weight is 322 g/mol. The standard InChI is InChI=1S/C20H34O3/c1-15-8-9-17-19(2,3)11-6-12-20(17,4)16(15)10-14-23-18(22)7-5-13-21/h13,15-17H,5-12,14H2,1-4H3/t15?,16-,17?,20?/m0/s1. The Kier molecular flexibility index (Phi) is 5.91. The van der Waals surface area contributed by atoms with Gasteiger partial charge in [-0.1, -0.05) is 40.5 Å². The number of ether oxygens (including phenoxy) is 1. The predicted molar refractivity (Wildman–Crippen MR) is 92.0 cm³/mol. The largest absolute Gasteiger partial charge is 0.466 e. The van der Waals surface area contributed by atoms with Crippen molar-refractivity contribution in [2.24, 2.45) is 28.6 Å². The molecule has 3 nitrogen and oxygen atoms in total. The SMILES string of the molecule is CC1CCC2C(C)(C)CCCC2(C)[C@H]1CCOC(=O)CCC=O. The van der Waals surface area contributed by atoms with Gasteiger partial charge in [-0.25, -0.2) is 0 Å². The minimum atomic E-state index is -0.230. The molecule has 2 fully saturated rings. The van der Waals surface area contributed by atoms with Gasteiger partial charge < -0.3 is 9.53 Å². The Hall–Kier alpha value is -0.860. The second kappa shape index (κ2) is 7.36. The van der Waals surface area contributed by atoms with Crippen LogP contribution in [0.25, 0.3) is 0 Å². The number of fused-ring (bicyclic) bond motifs is 1. The van der Waals surface area contributed by atoms with Crippen molar-refractivity contribution in [2.45, 2.75) is 79.1 Å². The van der Waals surface area contributed by atoms with Gasteiger partial charge in [-0.2, -0.15) is 0 Å². The molecule has 0 radical (unpaired) electrons. The van der Waals surface area contributed by atoms with Gasteiger partial charge in [0.2, 0.25) is 0 Å². The molecule has 4 atom stereocenters. The molecule has 0 amide bonds. The number of rotatable bonds is 6. The van der Waals surface area contributed by atoms with E-state index in [1.54, 1.807) is 0 Å². The molecular formula is C20H34O3. The fraction of sp³-hybridized carbons (Fsp3) is 0.900. The van der Waals surface area contributed by atoms with E-state index in [0.29, 0.717) is 29.3 Å². The van der Waals surface area contributed by atoms with Gasteiger partial charge in [0, 0.05) is 6.42 Å². The van der Waals surface area contributed by atoms with Crippen molar-refractivity contribution in [3.8, 4) is 0 Å². The molecule has 2 aliphatic rings. The van der Waals surface area contributed by atoms with Crippen LogP contribution >= 0.6 is 0 Å². The smallest absolute Gasteiger partial charge is 0.306 e. The highest BCUT2D eigenvalue weighted by Gasteiger charge is 2.53. The molecule has 0 heterocycles. The lowest BCUT2D eigenvalue weighted by molar-refractivity contribution is -0.147. The molecule has 2 saturated carbocycles. The van der Waals surface area contributed by atoms with Gasteiger partial charge in [0.25, 0.3) is 0 Å². The third-order valence-corrected chi connectivity index (χ3v) is 6.88. The van der Waals surface area contributed by atoms with Crippen LogP contribution < -0.4 is 0 Å². The molecule has 0 aliphatic heterocycles. The Bertz CT molecular complexity index is 429. The van der Waals surface area contributed by atoms with Gasteiger partial charge in [-0.15, -0.1) is 0 Å². The third-order valence-electron chi connectivity index (χ3n) is 6.88. The number of esters is 1. The normalized spacial score (nSPS) is 36.1. The summed E-state index contributed by atoms with van der Waals surface area (Å²) in [5.74, 6) is 1.90. The summed E-state index contributed by atoms with van der Waals surface area (Å²) in [6.07, 6.45) is 8.86. The van der Waals surface area contributed by atoms with E-state index >= 15 is 0 Å². The summed E-state index contributed by atoms with van der Waals surface area (Å²) in [6.45, 7) is 10.3. The quantitative estimate of drug-likeness (QED) is 0.522. The number of hydrogen-bond donors (Lipinski definition) is 0. The van der Waals surface area contributed by atoms with Crippen molar-refractivity contribution >= 4 is 12.3 Å². The Balaban J connectivity index is 1.98. The van der Waals surface area contributed by atoms with Gasteiger partial charge in [0.05, 0.1) is 13.0 Å². The van der Waals surface area contributed by atoms with Gasteiger partial charge >= 0.3 is 5.97 Å². The summed E-state index contributed by atoms with van der Waals surface area (Å²) in [5.41, 5.74) is 0.820. The second-order valence-electron chi connectivity index (χ2n) is 8.78. The number of hydrogen-bond acceptors (Lipinski definition) is 3. The number of carbonyl (C=O) groups excluding carboxylic acids is 2. The molecule has 0 aromatic rings. The van der Waals surface area contributed by atoms with Crippen molar-refractivity contribution in [1.29, 1.82) is 0 Å². The minimum absolute atomic E-state index is 0.219. The monoisotopic (exact) mass is 322 g/mol. The molecule has 3 heteroatoms. The highest BCUT2D eigenvalue weighted by atomic mass is 16.5. The lowest BCUT2D eigenvalue weighted by atomic mass is 9.46. The predicted octanol–water partition coefficient (Wildman–Crippen LogP) is 4.78. The highest BCUT2D eigenvalue weighted by Crippen LogP contribution is 2.61. The van der Waals surface area contributed by atoms with Crippen LogP contribution in [0.5, 0.6) is 0 Å². The summed E-state index contributed by atoms with van der Waals surface area (Å²) in [4.78, 5) is 21.9. The summed E-state index contributed by atoms with van der Waals surface area (Å²) in [7, 11) is 0. The molecule has 3 unspecified atom stereocenters. The zero-order valence-corrected chi connectivity index (χ0v) is 15.4. The summed E-state index contributed by atoms with van der Waals surface area (Å²) in [6, 6.07) is 0. The fourth-order valence-corrected chi connectivity index (χ4v) is 5.77. The highest BCUT2D eigenvalue weighted by molar-refractivity contribution is 5.72. The van der Waals surface area contributed by atoms with E-state index < -0.39 is 0 Å². The van der Waals surface area contributed by atoms with Crippen LogP contribution in [0.15, 0.2) is 0 Å². The lowest BCUT2D eigenvalue weighted by Gasteiger charge is -2.59. The molecule has 0 bridgehead atoms. The molecular weight excluding hydrogens is 288 g/mol. The maximum absolute atomic E-state index is 11.6. The molecule has 2 rings (SSSR count). The van der Waals surface area contributed by atoms with E-state index in [-0.39, 0.29) is 18.8 Å². The van der Waals surface area contributed by atoms with Crippen LogP contribution in [-0.4, -0.2) is 18.9 Å². The first-order valence-corrected chi connectivity index (χ1v) is 9.40.